The Labute approximate surface area is 166 Å². The van der Waals surface area contributed by atoms with Gasteiger partial charge in [0.1, 0.15) is 11.6 Å². The Balaban J connectivity index is 1.49. The van der Waals surface area contributed by atoms with Crippen LogP contribution < -0.4 is 10.1 Å². The fraction of sp³-hybridized carbons (Fsp3) is 0.143. The number of benzene rings is 2. The van der Waals surface area contributed by atoms with Crippen LogP contribution in [0.2, 0.25) is 0 Å². The first-order valence-electron chi connectivity index (χ1n) is 9.02. The highest BCUT2D eigenvalue weighted by Crippen LogP contribution is 2.22. The molecule has 0 fully saturated rings. The largest absolute Gasteiger partial charge is 0.481 e. The van der Waals surface area contributed by atoms with Gasteiger partial charge in [-0.1, -0.05) is 12.1 Å². The second kappa shape index (κ2) is 7.67. The van der Waals surface area contributed by atoms with Gasteiger partial charge in [-0.3, -0.25) is 4.79 Å². The summed E-state index contributed by atoms with van der Waals surface area (Å²) in [5.41, 5.74) is 2.85. The molecule has 0 aliphatic rings. The van der Waals surface area contributed by atoms with Crippen molar-refractivity contribution in [2.24, 2.45) is 0 Å². The molecule has 146 valence electrons. The first-order chi connectivity index (χ1) is 14.0. The van der Waals surface area contributed by atoms with Crippen molar-refractivity contribution in [3.63, 3.8) is 0 Å². The molecule has 2 aromatic carbocycles. The van der Waals surface area contributed by atoms with Crippen molar-refractivity contribution in [3.8, 4) is 17.0 Å². The number of nitrogens with one attached hydrogen (secondary N) is 1. The molecule has 7 nitrogen and oxygen atoms in total. The third-order valence-electron chi connectivity index (χ3n) is 4.34. The summed E-state index contributed by atoms with van der Waals surface area (Å²) in [5.74, 6) is 0.437. The molecule has 0 aliphatic carbocycles. The van der Waals surface area contributed by atoms with Crippen molar-refractivity contribution < 1.29 is 13.9 Å². The van der Waals surface area contributed by atoms with E-state index in [9.17, 15) is 9.18 Å². The first kappa shape index (κ1) is 18.5. The highest BCUT2D eigenvalue weighted by atomic mass is 19.1. The fourth-order valence-corrected chi connectivity index (χ4v) is 2.82. The predicted octanol–water partition coefficient (Wildman–Crippen LogP) is 3.64. The van der Waals surface area contributed by atoms with Crippen LogP contribution in [-0.4, -0.2) is 31.8 Å². The van der Waals surface area contributed by atoms with Gasteiger partial charge in [-0.15, -0.1) is 10.2 Å². The molecule has 1 unspecified atom stereocenters. The maximum Gasteiger partial charge on any atom is 0.265 e. The van der Waals surface area contributed by atoms with Crippen LogP contribution in [0.1, 0.15) is 12.7 Å². The number of rotatable bonds is 5. The molecule has 8 heteroatoms. The number of anilines is 1. The lowest BCUT2D eigenvalue weighted by molar-refractivity contribution is -0.122. The lowest BCUT2D eigenvalue weighted by atomic mass is 10.1. The Bertz CT molecular complexity index is 1170. The van der Waals surface area contributed by atoms with Gasteiger partial charge in [0.2, 0.25) is 0 Å². The van der Waals surface area contributed by atoms with E-state index < -0.39 is 6.10 Å². The molecule has 1 amide bonds. The second-order valence-corrected chi connectivity index (χ2v) is 6.52. The van der Waals surface area contributed by atoms with Gasteiger partial charge in [0.15, 0.2) is 17.6 Å². The molecule has 1 atom stereocenters. The summed E-state index contributed by atoms with van der Waals surface area (Å²) in [6.07, 6.45) is -0.752. The van der Waals surface area contributed by atoms with E-state index in [4.69, 9.17) is 4.74 Å². The summed E-state index contributed by atoms with van der Waals surface area (Å²) >= 11 is 0. The standard InChI is InChI=1S/C21H18FN5O2/c1-13(29-18-8-6-16(22)7-9-18)21(28)23-17-5-3-4-15(12-17)19-10-11-20-25-24-14(2)27(20)26-19/h3-13H,1-2H3,(H,23,28). The van der Waals surface area contributed by atoms with E-state index in [-0.39, 0.29) is 11.7 Å². The predicted molar refractivity (Wildman–Crippen MR) is 106 cm³/mol. The number of fused-ring (bicyclic) bond motifs is 1. The maximum atomic E-state index is 13.0. The molecule has 0 aliphatic heterocycles. The lowest BCUT2D eigenvalue weighted by Crippen LogP contribution is -2.30. The van der Waals surface area contributed by atoms with E-state index in [1.807, 2.05) is 37.3 Å². The van der Waals surface area contributed by atoms with Gasteiger partial charge in [0.25, 0.3) is 5.91 Å². The van der Waals surface area contributed by atoms with E-state index in [0.717, 1.165) is 11.3 Å². The van der Waals surface area contributed by atoms with Gasteiger partial charge in [-0.2, -0.15) is 9.61 Å². The fourth-order valence-electron chi connectivity index (χ4n) is 2.82. The third-order valence-corrected chi connectivity index (χ3v) is 4.34. The average molecular weight is 391 g/mol. The summed E-state index contributed by atoms with van der Waals surface area (Å²) in [4.78, 5) is 12.5. The zero-order valence-corrected chi connectivity index (χ0v) is 15.8. The number of carbonyl (C=O) groups excluding carboxylic acids is 1. The van der Waals surface area contributed by atoms with Crippen LogP contribution in [0.15, 0.2) is 60.7 Å². The van der Waals surface area contributed by atoms with Gasteiger partial charge in [0, 0.05) is 11.3 Å². The average Bonchev–Trinajstić information content (AvgIpc) is 3.10. The summed E-state index contributed by atoms with van der Waals surface area (Å²) in [6.45, 7) is 3.46. The molecule has 0 spiro atoms. The molecular weight excluding hydrogens is 373 g/mol. The number of halogens is 1. The van der Waals surface area contributed by atoms with Gasteiger partial charge >= 0.3 is 0 Å². The number of ether oxygens (including phenoxy) is 1. The molecule has 0 saturated carbocycles. The Morgan fingerprint density at radius 3 is 2.69 bits per heavy atom. The normalized spacial score (nSPS) is 12.0. The Kier molecular flexibility index (Phi) is 4.90. The van der Waals surface area contributed by atoms with Crippen LogP contribution in [-0.2, 0) is 4.79 Å². The number of hydrogen-bond acceptors (Lipinski definition) is 5. The first-order valence-corrected chi connectivity index (χ1v) is 9.02. The van der Waals surface area contributed by atoms with Crippen LogP contribution in [0.25, 0.3) is 16.9 Å². The monoisotopic (exact) mass is 391 g/mol. The maximum absolute atomic E-state index is 13.0. The number of aryl methyl sites for hydroxylation is 1. The van der Waals surface area contributed by atoms with E-state index in [1.54, 1.807) is 17.5 Å². The summed E-state index contributed by atoms with van der Waals surface area (Å²) in [6, 6.07) is 16.6. The molecule has 4 rings (SSSR count). The summed E-state index contributed by atoms with van der Waals surface area (Å²) in [5, 5.41) is 15.4. The van der Waals surface area contributed by atoms with Crippen molar-refractivity contribution >= 4 is 17.2 Å². The Morgan fingerprint density at radius 1 is 1.10 bits per heavy atom. The molecular formula is C21H18FN5O2. The minimum absolute atomic E-state index is 0.315. The number of carbonyl (C=O) groups is 1. The van der Waals surface area contributed by atoms with E-state index >= 15 is 0 Å². The Morgan fingerprint density at radius 2 is 1.90 bits per heavy atom. The zero-order chi connectivity index (χ0) is 20.4. The van der Waals surface area contributed by atoms with Crippen LogP contribution in [0.3, 0.4) is 0 Å². The SMILES string of the molecule is Cc1nnc2ccc(-c3cccc(NC(=O)C(C)Oc4ccc(F)cc4)c3)nn12. The van der Waals surface area contributed by atoms with Crippen molar-refractivity contribution in [3.05, 3.63) is 72.3 Å². The van der Waals surface area contributed by atoms with E-state index in [0.29, 0.717) is 22.9 Å². The summed E-state index contributed by atoms with van der Waals surface area (Å²) in [7, 11) is 0. The van der Waals surface area contributed by atoms with Crippen molar-refractivity contribution in [2.75, 3.05) is 5.32 Å². The highest BCUT2D eigenvalue weighted by Gasteiger charge is 2.15. The van der Waals surface area contributed by atoms with Crippen LogP contribution in [0.5, 0.6) is 5.75 Å². The number of aromatic nitrogens is 4. The minimum atomic E-state index is -0.752. The number of hydrogen-bond donors (Lipinski definition) is 1. The lowest BCUT2D eigenvalue weighted by Gasteiger charge is -2.15. The third kappa shape index (κ3) is 4.06. The van der Waals surface area contributed by atoms with E-state index in [2.05, 4.69) is 20.6 Å². The highest BCUT2D eigenvalue weighted by molar-refractivity contribution is 5.94. The molecule has 2 aromatic heterocycles. The van der Waals surface area contributed by atoms with Crippen molar-refractivity contribution in [1.29, 1.82) is 0 Å². The minimum Gasteiger partial charge on any atom is -0.481 e. The van der Waals surface area contributed by atoms with Gasteiger partial charge in [0.05, 0.1) is 5.69 Å². The molecule has 1 N–H and O–H groups in total. The van der Waals surface area contributed by atoms with Gasteiger partial charge < -0.3 is 10.1 Å². The molecule has 0 bridgehead atoms. The molecule has 29 heavy (non-hydrogen) atoms. The molecule has 0 radical (unpaired) electrons. The quantitative estimate of drug-likeness (QED) is 0.562. The topological polar surface area (TPSA) is 81.4 Å². The van der Waals surface area contributed by atoms with Crippen LogP contribution >= 0.6 is 0 Å². The Hall–Kier alpha value is -3.81. The number of nitrogens with zero attached hydrogens (tertiary/aromatic N) is 4. The molecule has 2 heterocycles. The van der Waals surface area contributed by atoms with Gasteiger partial charge in [-0.05, 0) is 62.4 Å². The van der Waals surface area contributed by atoms with Crippen molar-refractivity contribution in [1.82, 2.24) is 19.8 Å². The van der Waals surface area contributed by atoms with E-state index in [1.165, 1.54) is 24.3 Å². The molecule has 0 saturated heterocycles. The second-order valence-electron chi connectivity index (χ2n) is 6.52. The smallest absolute Gasteiger partial charge is 0.265 e. The summed E-state index contributed by atoms with van der Waals surface area (Å²) < 4.78 is 20.2. The van der Waals surface area contributed by atoms with Crippen LogP contribution in [0.4, 0.5) is 10.1 Å². The molecule has 4 aromatic rings. The number of amides is 1. The zero-order valence-electron chi connectivity index (χ0n) is 15.8. The van der Waals surface area contributed by atoms with Gasteiger partial charge in [-0.25, -0.2) is 4.39 Å². The van der Waals surface area contributed by atoms with Crippen molar-refractivity contribution in [2.45, 2.75) is 20.0 Å². The van der Waals surface area contributed by atoms with Crippen LogP contribution in [0, 0.1) is 12.7 Å².